The highest BCUT2D eigenvalue weighted by atomic mass is 16.5. The molecule has 23 heavy (non-hydrogen) atoms. The molecule has 1 aliphatic carbocycles. The molecule has 6 nitrogen and oxygen atoms in total. The van der Waals surface area contributed by atoms with Crippen LogP contribution in [-0.2, 0) is 9.53 Å². The van der Waals surface area contributed by atoms with E-state index in [-0.39, 0.29) is 11.8 Å². The van der Waals surface area contributed by atoms with E-state index >= 15 is 0 Å². The first-order valence-electron chi connectivity index (χ1n) is 8.64. The molecule has 1 saturated carbocycles. The van der Waals surface area contributed by atoms with Crippen LogP contribution in [0.25, 0.3) is 0 Å². The van der Waals surface area contributed by atoms with Gasteiger partial charge in [-0.2, -0.15) is 0 Å². The van der Waals surface area contributed by atoms with Crippen LogP contribution in [-0.4, -0.2) is 42.2 Å². The number of morpholine rings is 1. The summed E-state index contributed by atoms with van der Waals surface area (Å²) in [5.41, 5.74) is 2.45. The number of hydrogen-bond acceptors (Lipinski definition) is 5. The molecule has 1 amide bonds. The lowest BCUT2D eigenvalue weighted by Crippen LogP contribution is -2.37. The lowest BCUT2D eigenvalue weighted by molar-refractivity contribution is -0.120. The minimum atomic E-state index is 0.124. The third kappa shape index (κ3) is 3.80. The second-order valence-electron chi connectivity index (χ2n) is 6.49. The van der Waals surface area contributed by atoms with Crippen molar-refractivity contribution in [3.05, 3.63) is 11.4 Å². The molecule has 6 heteroatoms. The zero-order valence-corrected chi connectivity index (χ0v) is 14.1. The highest BCUT2D eigenvalue weighted by Crippen LogP contribution is 2.27. The summed E-state index contributed by atoms with van der Waals surface area (Å²) >= 11 is 0. The maximum atomic E-state index is 12.5. The van der Waals surface area contributed by atoms with Crippen molar-refractivity contribution in [2.45, 2.75) is 46.0 Å². The average molecular weight is 318 g/mol. The quantitative estimate of drug-likeness (QED) is 0.927. The molecule has 0 unspecified atom stereocenters. The van der Waals surface area contributed by atoms with E-state index in [0.29, 0.717) is 13.2 Å². The van der Waals surface area contributed by atoms with Crippen molar-refractivity contribution >= 4 is 17.5 Å². The lowest BCUT2D eigenvalue weighted by Gasteiger charge is -2.28. The molecule has 126 valence electrons. The largest absolute Gasteiger partial charge is 0.378 e. The fourth-order valence-electron chi connectivity index (χ4n) is 3.37. The van der Waals surface area contributed by atoms with Crippen LogP contribution in [0.1, 0.15) is 43.5 Å². The van der Waals surface area contributed by atoms with Crippen LogP contribution in [0, 0.1) is 19.8 Å². The Hall–Kier alpha value is -1.69. The highest BCUT2D eigenvalue weighted by Gasteiger charge is 2.23. The van der Waals surface area contributed by atoms with Crippen molar-refractivity contribution in [3.8, 4) is 0 Å². The number of carbonyl (C=O) groups excluding carboxylic acids is 1. The number of aryl methyl sites for hydroxylation is 2. The van der Waals surface area contributed by atoms with Crippen molar-refractivity contribution < 1.29 is 9.53 Å². The Morgan fingerprint density at radius 2 is 1.70 bits per heavy atom. The zero-order chi connectivity index (χ0) is 16.2. The Bertz CT molecular complexity index is 541. The fourth-order valence-corrected chi connectivity index (χ4v) is 3.37. The Kier molecular flexibility index (Phi) is 5.10. The van der Waals surface area contributed by atoms with Gasteiger partial charge in [-0.05, 0) is 26.7 Å². The molecule has 2 aliphatic rings. The molecule has 1 saturated heterocycles. The van der Waals surface area contributed by atoms with Gasteiger partial charge in [0.05, 0.1) is 30.3 Å². The molecular formula is C17H26N4O2. The topological polar surface area (TPSA) is 67.3 Å². The summed E-state index contributed by atoms with van der Waals surface area (Å²) in [5, 5.41) is 3.07. The summed E-state index contributed by atoms with van der Waals surface area (Å²) in [6.07, 6.45) is 5.55. The van der Waals surface area contributed by atoms with Gasteiger partial charge in [0.15, 0.2) is 0 Å². The van der Waals surface area contributed by atoms with E-state index < -0.39 is 0 Å². The Labute approximate surface area is 137 Å². The number of nitrogens with one attached hydrogen (secondary N) is 1. The normalized spacial score (nSPS) is 19.7. The Morgan fingerprint density at radius 1 is 1.09 bits per heavy atom. The molecule has 2 fully saturated rings. The molecule has 0 spiro atoms. The number of carbonyl (C=O) groups is 1. The van der Waals surface area contributed by atoms with Crippen molar-refractivity contribution in [2.75, 3.05) is 36.5 Å². The van der Waals surface area contributed by atoms with Crippen molar-refractivity contribution in [2.24, 2.45) is 5.92 Å². The average Bonchev–Trinajstić information content (AvgIpc) is 2.59. The van der Waals surface area contributed by atoms with Gasteiger partial charge < -0.3 is 15.0 Å². The predicted molar refractivity (Wildman–Crippen MR) is 89.7 cm³/mol. The second kappa shape index (κ2) is 7.25. The summed E-state index contributed by atoms with van der Waals surface area (Å²) < 4.78 is 5.37. The number of ether oxygens (including phenoxy) is 1. The summed E-state index contributed by atoms with van der Waals surface area (Å²) in [7, 11) is 0. The minimum Gasteiger partial charge on any atom is -0.378 e. The van der Waals surface area contributed by atoms with Gasteiger partial charge in [-0.1, -0.05) is 19.3 Å². The summed E-state index contributed by atoms with van der Waals surface area (Å²) in [5.74, 6) is 0.999. The number of rotatable bonds is 3. The van der Waals surface area contributed by atoms with E-state index in [1.54, 1.807) is 0 Å². The molecule has 0 aromatic carbocycles. The fraction of sp³-hybridized carbons (Fsp3) is 0.706. The van der Waals surface area contributed by atoms with Crippen molar-refractivity contribution in [3.63, 3.8) is 0 Å². The van der Waals surface area contributed by atoms with Crippen LogP contribution >= 0.6 is 0 Å². The summed E-state index contributed by atoms with van der Waals surface area (Å²) in [6.45, 7) is 6.92. The van der Waals surface area contributed by atoms with Gasteiger partial charge in [-0.25, -0.2) is 9.97 Å². The van der Waals surface area contributed by atoms with Crippen LogP contribution < -0.4 is 10.2 Å². The van der Waals surface area contributed by atoms with Crippen molar-refractivity contribution in [1.82, 2.24) is 9.97 Å². The van der Waals surface area contributed by atoms with E-state index in [0.717, 1.165) is 61.8 Å². The SMILES string of the molecule is Cc1nc(N2CCOCC2)nc(C)c1NC(=O)C1CCCCC1. The van der Waals surface area contributed by atoms with E-state index in [1.807, 2.05) is 13.8 Å². The number of anilines is 2. The summed E-state index contributed by atoms with van der Waals surface area (Å²) in [4.78, 5) is 23.8. The molecule has 1 aromatic rings. The van der Waals surface area contributed by atoms with Gasteiger partial charge in [0.2, 0.25) is 11.9 Å². The number of amides is 1. The lowest BCUT2D eigenvalue weighted by atomic mass is 9.88. The molecule has 2 heterocycles. The first-order valence-corrected chi connectivity index (χ1v) is 8.64. The van der Waals surface area contributed by atoms with Gasteiger partial charge in [0, 0.05) is 19.0 Å². The third-order valence-electron chi connectivity index (χ3n) is 4.78. The molecule has 1 aliphatic heterocycles. The van der Waals surface area contributed by atoms with E-state index in [2.05, 4.69) is 20.2 Å². The van der Waals surface area contributed by atoms with Gasteiger partial charge in [-0.3, -0.25) is 4.79 Å². The first kappa shape index (κ1) is 16.2. The van der Waals surface area contributed by atoms with Crippen molar-refractivity contribution in [1.29, 1.82) is 0 Å². The second-order valence-corrected chi connectivity index (χ2v) is 6.49. The van der Waals surface area contributed by atoms with E-state index in [4.69, 9.17) is 4.74 Å². The number of aromatic nitrogens is 2. The Morgan fingerprint density at radius 3 is 2.30 bits per heavy atom. The van der Waals surface area contributed by atoms with Gasteiger partial charge in [0.25, 0.3) is 0 Å². The van der Waals surface area contributed by atoms with Gasteiger partial charge in [0.1, 0.15) is 0 Å². The van der Waals surface area contributed by atoms with Gasteiger partial charge in [-0.15, -0.1) is 0 Å². The number of nitrogens with zero attached hydrogens (tertiary/aromatic N) is 3. The maximum absolute atomic E-state index is 12.5. The molecule has 0 radical (unpaired) electrons. The van der Waals surface area contributed by atoms with Crippen LogP contribution in [0.5, 0.6) is 0 Å². The van der Waals surface area contributed by atoms with E-state index in [9.17, 15) is 4.79 Å². The van der Waals surface area contributed by atoms with Crippen LogP contribution in [0.15, 0.2) is 0 Å². The number of hydrogen-bond donors (Lipinski definition) is 1. The molecule has 1 aromatic heterocycles. The monoisotopic (exact) mass is 318 g/mol. The molecule has 1 N–H and O–H groups in total. The maximum Gasteiger partial charge on any atom is 0.227 e. The minimum absolute atomic E-state index is 0.124. The molecule has 0 bridgehead atoms. The molecule has 3 rings (SSSR count). The third-order valence-corrected chi connectivity index (χ3v) is 4.78. The standard InChI is InChI=1S/C17H26N4O2/c1-12-15(20-16(22)14-6-4-3-5-7-14)13(2)19-17(18-12)21-8-10-23-11-9-21/h14H,3-11H2,1-2H3,(H,20,22). The molecule has 0 atom stereocenters. The predicted octanol–water partition coefficient (Wildman–Crippen LogP) is 2.45. The first-order chi connectivity index (χ1) is 11.1. The van der Waals surface area contributed by atoms with Gasteiger partial charge >= 0.3 is 0 Å². The zero-order valence-electron chi connectivity index (χ0n) is 14.1. The van der Waals surface area contributed by atoms with E-state index in [1.165, 1.54) is 6.42 Å². The van der Waals surface area contributed by atoms with Crippen LogP contribution in [0.2, 0.25) is 0 Å². The highest BCUT2D eigenvalue weighted by molar-refractivity contribution is 5.93. The Balaban J connectivity index is 1.73. The molecular weight excluding hydrogens is 292 g/mol. The van der Waals surface area contributed by atoms with Crippen LogP contribution in [0.4, 0.5) is 11.6 Å². The van der Waals surface area contributed by atoms with Crippen LogP contribution in [0.3, 0.4) is 0 Å². The summed E-state index contributed by atoms with van der Waals surface area (Å²) in [6, 6.07) is 0. The smallest absolute Gasteiger partial charge is 0.227 e.